The van der Waals surface area contributed by atoms with Gasteiger partial charge in [-0.2, -0.15) is 0 Å². The van der Waals surface area contributed by atoms with Crippen LogP contribution in [0.2, 0.25) is 0 Å². The van der Waals surface area contributed by atoms with Crippen LogP contribution in [0.25, 0.3) is 0 Å². The van der Waals surface area contributed by atoms with E-state index in [4.69, 9.17) is 9.47 Å². The summed E-state index contributed by atoms with van der Waals surface area (Å²) in [6.07, 6.45) is 17.2. The van der Waals surface area contributed by atoms with Gasteiger partial charge in [-0.25, -0.2) is 18.4 Å². The van der Waals surface area contributed by atoms with Crippen LogP contribution in [0.1, 0.15) is 162 Å². The summed E-state index contributed by atoms with van der Waals surface area (Å²) in [6, 6.07) is 0. The van der Waals surface area contributed by atoms with Crippen molar-refractivity contribution in [1.29, 1.82) is 0 Å². The molecule has 0 aromatic rings. The van der Waals surface area contributed by atoms with Crippen LogP contribution in [0.5, 0.6) is 0 Å². The smallest absolute Gasteiger partial charge is 0.343 e. The lowest BCUT2D eigenvalue weighted by Crippen LogP contribution is -2.47. The molecule has 0 saturated heterocycles. The largest absolute Gasteiger partial charge is 0.420 e. The fourth-order valence-electron chi connectivity index (χ4n) is 6.32. The summed E-state index contributed by atoms with van der Waals surface area (Å²) in [5.41, 5.74) is 0. The van der Waals surface area contributed by atoms with Crippen molar-refractivity contribution in [3.8, 4) is 0 Å². The van der Waals surface area contributed by atoms with Crippen molar-refractivity contribution < 1.29 is 27.8 Å². The highest BCUT2D eigenvalue weighted by atomic mass is 19.1. The molecule has 0 aromatic heterocycles. The topological polar surface area (TPSA) is 52.6 Å². The molecular formula is C32H56F2O4. The van der Waals surface area contributed by atoms with E-state index in [0.717, 1.165) is 64.2 Å². The predicted octanol–water partition coefficient (Wildman–Crippen LogP) is 9.72. The van der Waals surface area contributed by atoms with Crippen molar-refractivity contribution in [2.45, 2.75) is 180 Å². The molecule has 0 bridgehead atoms. The first-order valence-electron chi connectivity index (χ1n) is 16.1. The van der Waals surface area contributed by atoms with E-state index < -0.39 is 30.1 Å². The van der Waals surface area contributed by atoms with Gasteiger partial charge in [0, 0.05) is 12.8 Å². The maximum atomic E-state index is 14.8. The molecule has 222 valence electrons. The molecule has 2 saturated carbocycles. The minimum atomic E-state index is -1.74. The number of hydrogen-bond acceptors (Lipinski definition) is 4. The molecule has 2 atom stereocenters. The summed E-state index contributed by atoms with van der Waals surface area (Å²) in [7, 11) is 0. The summed E-state index contributed by atoms with van der Waals surface area (Å²) < 4.78 is 40.8. The van der Waals surface area contributed by atoms with Gasteiger partial charge in [0.2, 0.25) is 0 Å². The number of carbonyl (C=O) groups is 2. The molecule has 0 spiro atoms. The van der Waals surface area contributed by atoms with Gasteiger partial charge in [-0.05, 0) is 50.4 Å². The third-order valence-corrected chi connectivity index (χ3v) is 8.82. The van der Waals surface area contributed by atoms with E-state index in [1.807, 2.05) is 0 Å². The Balaban J connectivity index is 1.90. The average Bonchev–Trinajstić information content (AvgIpc) is 2.93. The Bertz CT molecular complexity index is 603. The van der Waals surface area contributed by atoms with Crippen LogP contribution in [0.4, 0.5) is 8.78 Å². The molecule has 0 amide bonds. The number of unbranched alkanes of at least 4 members (excludes halogenated alkanes) is 10. The lowest BCUT2D eigenvalue weighted by molar-refractivity contribution is -0.248. The van der Waals surface area contributed by atoms with E-state index in [2.05, 4.69) is 13.8 Å². The molecule has 0 heterocycles. The molecule has 38 heavy (non-hydrogen) atoms. The Labute approximate surface area is 231 Å². The molecular weight excluding hydrogens is 486 g/mol. The van der Waals surface area contributed by atoms with Gasteiger partial charge in [-0.15, -0.1) is 0 Å². The number of halogens is 2. The van der Waals surface area contributed by atoms with Crippen LogP contribution >= 0.6 is 0 Å². The van der Waals surface area contributed by atoms with Gasteiger partial charge in [-0.1, -0.05) is 110 Å². The summed E-state index contributed by atoms with van der Waals surface area (Å²) in [4.78, 5) is 25.5. The van der Waals surface area contributed by atoms with Crippen LogP contribution < -0.4 is 0 Å². The van der Waals surface area contributed by atoms with Gasteiger partial charge < -0.3 is 9.47 Å². The van der Waals surface area contributed by atoms with Crippen molar-refractivity contribution in [2.75, 3.05) is 0 Å². The Morgan fingerprint density at radius 1 is 0.632 bits per heavy atom. The van der Waals surface area contributed by atoms with Gasteiger partial charge in [0.05, 0.1) is 0 Å². The molecule has 0 N–H and O–H groups in total. The van der Waals surface area contributed by atoms with Crippen LogP contribution in [0, 0.1) is 11.8 Å². The van der Waals surface area contributed by atoms with Crippen molar-refractivity contribution in [3.05, 3.63) is 0 Å². The standard InChI is InChI=1S/C32H56F2O4/c1-3-5-7-9-11-16-20-28(33)30(35)37-32(24-22-27(23-25-32)26-18-14-13-15-19-26)38-31(36)29(34)21-17-12-10-8-6-4-2/h26-29H,3-25H2,1-2H3/t28-,29-/m1/s1. The number of hydrogen-bond donors (Lipinski definition) is 0. The van der Waals surface area contributed by atoms with Gasteiger partial charge in [0.15, 0.2) is 12.3 Å². The van der Waals surface area contributed by atoms with Crippen molar-refractivity contribution in [3.63, 3.8) is 0 Å². The quantitative estimate of drug-likeness (QED) is 0.0926. The first-order chi connectivity index (χ1) is 18.4. The molecule has 0 aliphatic heterocycles. The van der Waals surface area contributed by atoms with Crippen LogP contribution in [0.3, 0.4) is 0 Å². The third kappa shape index (κ3) is 12.3. The SMILES string of the molecule is CCCCCCCC[C@@H](F)C(=O)OC1(OC(=O)[C@H](F)CCCCCCCC)CCC(C2CCCCC2)CC1. The average molecular weight is 543 g/mol. The number of ether oxygens (including phenoxy) is 2. The van der Waals surface area contributed by atoms with Crippen molar-refractivity contribution >= 4 is 11.9 Å². The Kier molecular flexibility index (Phi) is 16.5. The normalized spacial score (nSPS) is 20.1. The molecule has 2 aliphatic rings. The highest BCUT2D eigenvalue weighted by molar-refractivity contribution is 5.77. The van der Waals surface area contributed by atoms with E-state index in [-0.39, 0.29) is 12.8 Å². The van der Waals surface area contributed by atoms with E-state index >= 15 is 0 Å². The van der Waals surface area contributed by atoms with Gasteiger partial charge in [0.25, 0.3) is 5.79 Å². The Morgan fingerprint density at radius 2 is 1.03 bits per heavy atom. The van der Waals surface area contributed by atoms with Crippen LogP contribution in [-0.4, -0.2) is 30.1 Å². The zero-order chi connectivity index (χ0) is 27.6. The molecule has 2 rings (SSSR count). The zero-order valence-electron chi connectivity index (χ0n) is 24.5. The van der Waals surface area contributed by atoms with E-state index in [1.54, 1.807) is 0 Å². The lowest BCUT2D eigenvalue weighted by Gasteiger charge is -2.42. The molecule has 0 aromatic carbocycles. The highest BCUT2D eigenvalue weighted by Crippen LogP contribution is 2.43. The molecule has 4 nitrogen and oxygen atoms in total. The second-order valence-corrected chi connectivity index (χ2v) is 12.0. The van der Waals surface area contributed by atoms with Crippen LogP contribution in [0.15, 0.2) is 0 Å². The summed E-state index contributed by atoms with van der Waals surface area (Å²) in [5, 5.41) is 0. The molecule has 2 fully saturated rings. The van der Waals surface area contributed by atoms with E-state index in [1.165, 1.54) is 44.9 Å². The predicted molar refractivity (Wildman–Crippen MR) is 149 cm³/mol. The number of carbonyl (C=O) groups excluding carboxylic acids is 2. The van der Waals surface area contributed by atoms with E-state index in [0.29, 0.717) is 37.5 Å². The summed E-state index contributed by atoms with van der Waals surface area (Å²) in [5.74, 6) is -2.32. The van der Waals surface area contributed by atoms with E-state index in [9.17, 15) is 18.4 Å². The summed E-state index contributed by atoms with van der Waals surface area (Å²) in [6.45, 7) is 4.30. The van der Waals surface area contributed by atoms with Crippen LogP contribution in [-0.2, 0) is 19.1 Å². The minimum absolute atomic E-state index is 0.115. The Hall–Kier alpha value is -1.20. The fraction of sp³-hybridized carbons (Fsp3) is 0.938. The number of esters is 2. The highest BCUT2D eigenvalue weighted by Gasteiger charge is 2.46. The first kappa shape index (κ1) is 33.0. The Morgan fingerprint density at radius 3 is 1.47 bits per heavy atom. The zero-order valence-corrected chi connectivity index (χ0v) is 24.5. The number of alkyl halides is 2. The maximum absolute atomic E-state index is 14.8. The second kappa shape index (κ2) is 19.0. The molecule has 0 radical (unpaired) electrons. The molecule has 2 aliphatic carbocycles. The number of rotatable bonds is 19. The second-order valence-electron chi connectivity index (χ2n) is 12.0. The lowest BCUT2D eigenvalue weighted by atomic mass is 9.72. The van der Waals surface area contributed by atoms with Gasteiger partial charge in [-0.3, -0.25) is 0 Å². The monoisotopic (exact) mass is 542 g/mol. The van der Waals surface area contributed by atoms with Crippen molar-refractivity contribution in [1.82, 2.24) is 0 Å². The third-order valence-electron chi connectivity index (χ3n) is 8.82. The maximum Gasteiger partial charge on any atom is 0.343 e. The minimum Gasteiger partial charge on any atom is -0.420 e. The van der Waals surface area contributed by atoms with Crippen molar-refractivity contribution in [2.24, 2.45) is 11.8 Å². The molecule has 0 unspecified atom stereocenters. The fourth-order valence-corrected chi connectivity index (χ4v) is 6.32. The van der Waals surface area contributed by atoms with Gasteiger partial charge in [0.1, 0.15) is 0 Å². The van der Waals surface area contributed by atoms with Gasteiger partial charge >= 0.3 is 11.9 Å². The summed E-state index contributed by atoms with van der Waals surface area (Å²) >= 11 is 0. The molecule has 6 heteroatoms. The first-order valence-corrected chi connectivity index (χ1v) is 16.1.